The van der Waals surface area contributed by atoms with Gasteiger partial charge in [0.15, 0.2) is 0 Å². The SMILES string of the molecule is COC(=O)c1ccc2c(c1)C[C@H](CNC(=O)c1cc(F)cc(C(F)(F)F)c1)O2. The van der Waals surface area contributed by atoms with Gasteiger partial charge in [-0.2, -0.15) is 13.2 Å². The van der Waals surface area contributed by atoms with E-state index in [0.717, 1.165) is 11.6 Å². The molecule has 0 spiro atoms. The van der Waals surface area contributed by atoms with Crippen molar-refractivity contribution in [1.82, 2.24) is 5.32 Å². The van der Waals surface area contributed by atoms with E-state index in [-0.39, 0.29) is 6.54 Å². The molecule has 9 heteroatoms. The summed E-state index contributed by atoms with van der Waals surface area (Å²) in [6, 6.07) is 6.41. The number of esters is 1. The molecular formula is C19H15F4NO4. The summed E-state index contributed by atoms with van der Waals surface area (Å²) in [5, 5.41) is 2.44. The van der Waals surface area contributed by atoms with Crippen molar-refractivity contribution in [3.63, 3.8) is 0 Å². The highest BCUT2D eigenvalue weighted by Gasteiger charge is 2.32. The molecule has 0 aromatic heterocycles. The molecule has 1 aliphatic heterocycles. The number of hydrogen-bond donors (Lipinski definition) is 1. The van der Waals surface area contributed by atoms with E-state index in [2.05, 4.69) is 10.1 Å². The van der Waals surface area contributed by atoms with Crippen molar-refractivity contribution in [1.29, 1.82) is 0 Å². The second-order valence-electron chi connectivity index (χ2n) is 6.19. The first-order chi connectivity index (χ1) is 13.2. The van der Waals surface area contributed by atoms with Crippen molar-refractivity contribution < 1.29 is 36.6 Å². The first kappa shape index (κ1) is 19.7. The minimum absolute atomic E-state index is 0.00106. The van der Waals surface area contributed by atoms with Crippen LogP contribution < -0.4 is 10.1 Å². The van der Waals surface area contributed by atoms with Crippen LogP contribution in [0.3, 0.4) is 0 Å². The van der Waals surface area contributed by atoms with Crippen LogP contribution >= 0.6 is 0 Å². The van der Waals surface area contributed by atoms with Gasteiger partial charge in [0, 0.05) is 12.0 Å². The first-order valence-corrected chi connectivity index (χ1v) is 8.21. The fourth-order valence-corrected chi connectivity index (χ4v) is 2.87. The van der Waals surface area contributed by atoms with Crippen LogP contribution in [0.2, 0.25) is 0 Å². The van der Waals surface area contributed by atoms with E-state index in [1.54, 1.807) is 12.1 Å². The molecule has 2 aromatic carbocycles. The second kappa shape index (κ2) is 7.49. The molecule has 0 saturated carbocycles. The Morgan fingerprint density at radius 2 is 1.93 bits per heavy atom. The van der Waals surface area contributed by atoms with Crippen LogP contribution in [0.4, 0.5) is 17.6 Å². The highest BCUT2D eigenvalue weighted by Crippen LogP contribution is 2.31. The second-order valence-corrected chi connectivity index (χ2v) is 6.19. The van der Waals surface area contributed by atoms with Gasteiger partial charge >= 0.3 is 12.1 Å². The van der Waals surface area contributed by atoms with Gasteiger partial charge in [0.05, 0.1) is 24.8 Å². The summed E-state index contributed by atoms with van der Waals surface area (Å²) in [6.07, 6.45) is -4.84. The number of benzene rings is 2. The maximum Gasteiger partial charge on any atom is 0.416 e. The van der Waals surface area contributed by atoms with Gasteiger partial charge in [0.1, 0.15) is 17.7 Å². The lowest BCUT2D eigenvalue weighted by Gasteiger charge is -2.13. The van der Waals surface area contributed by atoms with Gasteiger partial charge in [0.2, 0.25) is 0 Å². The van der Waals surface area contributed by atoms with Gasteiger partial charge in [0.25, 0.3) is 5.91 Å². The number of nitrogens with one attached hydrogen (secondary N) is 1. The summed E-state index contributed by atoms with van der Waals surface area (Å²) < 4.78 is 62.0. The lowest BCUT2D eigenvalue weighted by Crippen LogP contribution is -2.34. The quantitative estimate of drug-likeness (QED) is 0.635. The smallest absolute Gasteiger partial charge is 0.416 e. The monoisotopic (exact) mass is 397 g/mol. The van der Waals surface area contributed by atoms with Crippen molar-refractivity contribution in [2.75, 3.05) is 13.7 Å². The zero-order valence-corrected chi connectivity index (χ0v) is 14.6. The van der Waals surface area contributed by atoms with Crippen LogP contribution in [-0.4, -0.2) is 31.6 Å². The summed E-state index contributed by atoms with van der Waals surface area (Å²) in [4.78, 5) is 23.7. The Hall–Kier alpha value is -3.10. The summed E-state index contributed by atoms with van der Waals surface area (Å²) in [5.41, 5.74) is -0.574. The number of rotatable bonds is 4. The molecule has 1 atom stereocenters. The van der Waals surface area contributed by atoms with Crippen molar-refractivity contribution in [3.05, 3.63) is 64.5 Å². The average molecular weight is 397 g/mol. The van der Waals surface area contributed by atoms with Crippen LogP contribution in [-0.2, 0) is 17.3 Å². The summed E-state index contributed by atoms with van der Waals surface area (Å²) in [5.74, 6) is -1.96. The maximum absolute atomic E-state index is 13.4. The molecule has 0 unspecified atom stereocenters. The molecule has 28 heavy (non-hydrogen) atoms. The Bertz CT molecular complexity index is 927. The van der Waals surface area contributed by atoms with Crippen molar-refractivity contribution in [3.8, 4) is 5.75 Å². The normalized spacial score (nSPS) is 15.5. The number of methoxy groups -OCH3 is 1. The molecule has 1 aliphatic rings. The molecule has 0 bridgehead atoms. The minimum atomic E-state index is -4.76. The molecule has 1 N–H and O–H groups in total. The minimum Gasteiger partial charge on any atom is -0.488 e. The predicted octanol–water partition coefficient (Wildman–Crippen LogP) is 3.36. The molecule has 1 heterocycles. The van der Waals surface area contributed by atoms with Crippen molar-refractivity contribution >= 4 is 11.9 Å². The molecule has 2 aromatic rings. The third-order valence-corrected chi connectivity index (χ3v) is 4.20. The van der Waals surface area contributed by atoms with Gasteiger partial charge in [-0.25, -0.2) is 9.18 Å². The molecule has 148 valence electrons. The lowest BCUT2D eigenvalue weighted by atomic mass is 10.1. The van der Waals surface area contributed by atoms with Gasteiger partial charge in [-0.1, -0.05) is 0 Å². The number of carbonyl (C=O) groups is 2. The van der Waals surface area contributed by atoms with Crippen LogP contribution in [0, 0.1) is 5.82 Å². The van der Waals surface area contributed by atoms with Crippen LogP contribution in [0.25, 0.3) is 0 Å². The zero-order chi connectivity index (χ0) is 20.5. The van der Waals surface area contributed by atoms with E-state index in [0.29, 0.717) is 29.9 Å². The van der Waals surface area contributed by atoms with E-state index in [1.807, 2.05) is 0 Å². The first-order valence-electron chi connectivity index (χ1n) is 8.21. The summed E-state index contributed by atoms with van der Waals surface area (Å²) in [7, 11) is 1.26. The van der Waals surface area contributed by atoms with Crippen LogP contribution in [0.15, 0.2) is 36.4 Å². The third kappa shape index (κ3) is 4.24. The summed E-state index contributed by atoms with van der Waals surface area (Å²) >= 11 is 0. The number of fused-ring (bicyclic) bond motifs is 1. The fraction of sp³-hybridized carbons (Fsp3) is 0.263. The number of alkyl halides is 3. The molecule has 5 nitrogen and oxygen atoms in total. The van der Waals surface area contributed by atoms with Gasteiger partial charge in [-0.05, 0) is 42.0 Å². The molecule has 0 radical (unpaired) electrons. The molecule has 0 saturated heterocycles. The van der Waals surface area contributed by atoms with Gasteiger partial charge in [-0.3, -0.25) is 4.79 Å². The Morgan fingerprint density at radius 1 is 1.18 bits per heavy atom. The molecular weight excluding hydrogens is 382 g/mol. The molecule has 3 rings (SSSR count). The number of hydrogen-bond acceptors (Lipinski definition) is 4. The average Bonchev–Trinajstić information content (AvgIpc) is 3.06. The maximum atomic E-state index is 13.4. The number of ether oxygens (including phenoxy) is 2. The third-order valence-electron chi connectivity index (χ3n) is 4.20. The van der Waals surface area contributed by atoms with Crippen molar-refractivity contribution in [2.45, 2.75) is 18.7 Å². The summed E-state index contributed by atoms with van der Waals surface area (Å²) in [6.45, 7) is -0.00106. The molecule has 1 amide bonds. The van der Waals surface area contributed by atoms with Gasteiger partial charge < -0.3 is 14.8 Å². The van der Waals surface area contributed by atoms with Crippen LogP contribution in [0.5, 0.6) is 5.75 Å². The molecule has 0 fully saturated rings. The zero-order valence-electron chi connectivity index (χ0n) is 14.6. The lowest BCUT2D eigenvalue weighted by molar-refractivity contribution is -0.137. The largest absolute Gasteiger partial charge is 0.488 e. The van der Waals surface area contributed by atoms with Crippen LogP contribution in [0.1, 0.15) is 31.8 Å². The van der Waals surface area contributed by atoms with E-state index in [9.17, 15) is 27.2 Å². The molecule has 0 aliphatic carbocycles. The van der Waals surface area contributed by atoms with E-state index in [1.165, 1.54) is 13.2 Å². The van der Waals surface area contributed by atoms with Gasteiger partial charge in [-0.15, -0.1) is 0 Å². The Kier molecular flexibility index (Phi) is 5.26. The van der Waals surface area contributed by atoms with Crippen molar-refractivity contribution in [2.24, 2.45) is 0 Å². The fourth-order valence-electron chi connectivity index (χ4n) is 2.87. The number of amides is 1. The highest BCUT2D eigenvalue weighted by atomic mass is 19.4. The Balaban J connectivity index is 1.64. The Labute approximate surface area is 157 Å². The topological polar surface area (TPSA) is 64.6 Å². The Morgan fingerprint density at radius 3 is 2.61 bits per heavy atom. The number of carbonyl (C=O) groups excluding carboxylic acids is 2. The standard InChI is InChI=1S/C19H15F4NO4/c1-27-18(26)10-2-3-16-11(4-10)7-15(28-16)9-24-17(25)12-5-13(19(21,22)23)8-14(20)6-12/h2-6,8,15H,7,9H2,1H3,(H,24,25)/t15-/m1/s1. The van der Waals surface area contributed by atoms with E-state index >= 15 is 0 Å². The van der Waals surface area contributed by atoms with E-state index in [4.69, 9.17) is 4.74 Å². The number of halogens is 4. The highest BCUT2D eigenvalue weighted by molar-refractivity contribution is 5.94. The van der Waals surface area contributed by atoms with E-state index < -0.39 is 41.1 Å². The predicted molar refractivity (Wildman–Crippen MR) is 89.6 cm³/mol.